The van der Waals surface area contributed by atoms with Crippen LogP contribution in [0.3, 0.4) is 0 Å². The van der Waals surface area contributed by atoms with Gasteiger partial charge in [0, 0.05) is 51.0 Å². The molecule has 0 amide bonds. The Balaban J connectivity index is 0.00000156. The number of aromatic hydroxyl groups is 1. The molecule has 8 heteroatoms. The van der Waals surface area contributed by atoms with Crippen molar-refractivity contribution >= 4 is 24.8 Å². The minimum atomic E-state index is -0.661. The molecule has 3 rings (SSSR count). The molecule has 0 aliphatic carbocycles. The van der Waals surface area contributed by atoms with E-state index < -0.39 is 5.82 Å². The molecule has 1 aromatic rings. The maximum atomic E-state index is 14.0. The van der Waals surface area contributed by atoms with Gasteiger partial charge in [0.05, 0.1) is 11.6 Å². The van der Waals surface area contributed by atoms with E-state index >= 15 is 0 Å². The molecule has 0 radical (unpaired) electrons. The number of ether oxygens (including phenoxy) is 1. The molecule has 2 N–H and O–H groups in total. The maximum Gasteiger partial charge on any atom is 0.165 e. The monoisotopic (exact) mass is 391 g/mol. The van der Waals surface area contributed by atoms with Crippen LogP contribution in [-0.2, 0) is 4.74 Å². The molecule has 1 aromatic carbocycles. The van der Waals surface area contributed by atoms with Gasteiger partial charge in [0.1, 0.15) is 0 Å². The molecule has 25 heavy (non-hydrogen) atoms. The number of hydrogen-bond acceptors (Lipinski definition) is 5. The Kier molecular flexibility index (Phi) is 8.91. The van der Waals surface area contributed by atoms with Crippen molar-refractivity contribution in [3.05, 3.63) is 29.1 Å². The molecule has 2 fully saturated rings. The molecule has 2 saturated heterocycles. The van der Waals surface area contributed by atoms with Gasteiger partial charge in [-0.05, 0) is 30.9 Å². The Morgan fingerprint density at radius 3 is 2.48 bits per heavy atom. The lowest BCUT2D eigenvalue weighted by molar-refractivity contribution is 0.0204. The molecule has 0 saturated carbocycles. The predicted molar refractivity (Wildman–Crippen MR) is 98.0 cm³/mol. The normalized spacial score (nSPS) is 20.0. The molecule has 0 spiro atoms. The second-order valence-electron chi connectivity index (χ2n) is 6.15. The molecule has 5 nitrogen and oxygen atoms in total. The Hall–Kier alpha value is -1.10. The molecule has 0 unspecified atom stereocenters. The summed E-state index contributed by atoms with van der Waals surface area (Å²) in [7, 11) is 0. The number of phenolic OH excluding ortho intramolecular Hbond substituents is 1. The summed E-state index contributed by atoms with van der Waals surface area (Å²) in [6, 6.07) is 4.61. The molecule has 2 heterocycles. The summed E-state index contributed by atoms with van der Waals surface area (Å²) >= 11 is 0. The third-order valence-electron chi connectivity index (χ3n) is 4.84. The molecule has 0 aromatic heterocycles. The van der Waals surface area contributed by atoms with Gasteiger partial charge in [-0.3, -0.25) is 4.90 Å². The first-order valence-corrected chi connectivity index (χ1v) is 8.16. The van der Waals surface area contributed by atoms with Gasteiger partial charge in [0.25, 0.3) is 0 Å². The summed E-state index contributed by atoms with van der Waals surface area (Å²) in [4.78, 5) is 2.27. The summed E-state index contributed by atoms with van der Waals surface area (Å²) in [6.45, 7) is 4.71. The van der Waals surface area contributed by atoms with Crippen LogP contribution in [0, 0.1) is 23.1 Å². The fourth-order valence-corrected chi connectivity index (χ4v) is 3.69. The average Bonchev–Trinajstić information content (AvgIpc) is 2.61. The first kappa shape index (κ1) is 21.9. The van der Waals surface area contributed by atoms with Gasteiger partial charge in [-0.2, -0.15) is 5.26 Å². The van der Waals surface area contributed by atoms with Crippen LogP contribution in [0.25, 0.3) is 0 Å². The molecule has 2 aliphatic rings. The zero-order valence-electron chi connectivity index (χ0n) is 13.9. The minimum Gasteiger partial charge on any atom is -0.505 e. The third-order valence-corrected chi connectivity index (χ3v) is 4.84. The van der Waals surface area contributed by atoms with Crippen LogP contribution in [0.1, 0.15) is 30.0 Å². The molecular weight excluding hydrogens is 368 g/mol. The van der Waals surface area contributed by atoms with Crippen LogP contribution in [0.15, 0.2) is 12.1 Å². The van der Waals surface area contributed by atoms with Gasteiger partial charge in [-0.1, -0.05) is 0 Å². The van der Waals surface area contributed by atoms with Crippen molar-refractivity contribution in [3.8, 4) is 11.8 Å². The number of halogens is 3. The molecule has 2 aliphatic heterocycles. The molecular formula is C17H24Cl2FN3O2. The Bertz CT molecular complexity index is 582. The van der Waals surface area contributed by atoms with Crippen molar-refractivity contribution in [3.63, 3.8) is 0 Å². The van der Waals surface area contributed by atoms with Gasteiger partial charge in [-0.25, -0.2) is 4.39 Å². The van der Waals surface area contributed by atoms with Crippen molar-refractivity contribution in [2.24, 2.45) is 5.92 Å². The van der Waals surface area contributed by atoms with E-state index in [1.165, 1.54) is 6.07 Å². The third kappa shape index (κ3) is 4.75. The van der Waals surface area contributed by atoms with Crippen LogP contribution in [-0.4, -0.2) is 49.4 Å². The van der Waals surface area contributed by atoms with Gasteiger partial charge in [0.2, 0.25) is 0 Å². The smallest absolute Gasteiger partial charge is 0.165 e. The summed E-state index contributed by atoms with van der Waals surface area (Å²) < 4.78 is 19.4. The fraction of sp³-hybridized carbons (Fsp3) is 0.588. The highest BCUT2D eigenvalue weighted by Gasteiger charge is 2.35. The maximum absolute atomic E-state index is 14.0. The lowest BCUT2D eigenvalue weighted by Crippen LogP contribution is -2.47. The van der Waals surface area contributed by atoms with E-state index in [4.69, 9.17) is 4.74 Å². The van der Waals surface area contributed by atoms with Gasteiger partial charge in [-0.15, -0.1) is 24.8 Å². The van der Waals surface area contributed by atoms with E-state index in [-0.39, 0.29) is 42.5 Å². The second kappa shape index (κ2) is 10.1. The topological polar surface area (TPSA) is 68.5 Å². The Morgan fingerprint density at radius 1 is 1.24 bits per heavy atom. The van der Waals surface area contributed by atoms with Crippen LogP contribution in [0.5, 0.6) is 5.75 Å². The standard InChI is InChI=1S/C17H22FN3O2.2ClH/c18-14-2-1-13(11-19)15(17(14)22)16(12-3-9-23-10-4-12)21-7-5-20-6-8-21;;/h1-2,12,16,20,22H,3-10H2;2*1H/t16-;;/m1../s1. The summed E-state index contributed by atoms with van der Waals surface area (Å²) in [6.07, 6.45) is 1.71. The summed E-state index contributed by atoms with van der Waals surface area (Å²) in [5.74, 6) is -0.785. The number of piperazine rings is 1. The minimum absolute atomic E-state index is 0. The first-order valence-electron chi connectivity index (χ1n) is 8.16. The largest absolute Gasteiger partial charge is 0.505 e. The predicted octanol–water partition coefficient (Wildman–Crippen LogP) is 2.62. The van der Waals surface area contributed by atoms with Gasteiger partial charge in [0.15, 0.2) is 11.6 Å². The lowest BCUT2D eigenvalue weighted by Gasteiger charge is -2.41. The van der Waals surface area contributed by atoms with Crippen LogP contribution in [0.4, 0.5) is 4.39 Å². The fourth-order valence-electron chi connectivity index (χ4n) is 3.69. The quantitative estimate of drug-likeness (QED) is 0.828. The average molecular weight is 392 g/mol. The number of benzene rings is 1. The lowest BCUT2D eigenvalue weighted by atomic mass is 9.83. The van der Waals surface area contributed by atoms with Gasteiger partial charge < -0.3 is 15.2 Å². The van der Waals surface area contributed by atoms with Crippen molar-refractivity contribution in [1.29, 1.82) is 5.26 Å². The van der Waals surface area contributed by atoms with Crippen molar-refractivity contribution in [1.82, 2.24) is 10.2 Å². The zero-order chi connectivity index (χ0) is 16.2. The second-order valence-corrected chi connectivity index (χ2v) is 6.15. The van der Waals surface area contributed by atoms with E-state index in [1.54, 1.807) is 0 Å². The number of rotatable bonds is 3. The summed E-state index contributed by atoms with van der Waals surface area (Å²) in [5, 5.41) is 23.1. The Labute approximate surface area is 160 Å². The highest BCUT2D eigenvalue weighted by Crippen LogP contribution is 2.41. The highest BCUT2D eigenvalue weighted by molar-refractivity contribution is 5.85. The van der Waals surface area contributed by atoms with Crippen molar-refractivity contribution in [2.75, 3.05) is 39.4 Å². The van der Waals surface area contributed by atoms with E-state index in [1.807, 2.05) is 0 Å². The Morgan fingerprint density at radius 2 is 1.88 bits per heavy atom. The van der Waals surface area contributed by atoms with E-state index in [2.05, 4.69) is 16.3 Å². The number of hydrogen-bond donors (Lipinski definition) is 2. The van der Waals surface area contributed by atoms with Gasteiger partial charge >= 0.3 is 0 Å². The van der Waals surface area contributed by atoms with E-state index in [9.17, 15) is 14.8 Å². The molecule has 1 atom stereocenters. The van der Waals surface area contributed by atoms with Crippen LogP contribution in [0.2, 0.25) is 0 Å². The van der Waals surface area contributed by atoms with E-state index in [0.717, 1.165) is 45.1 Å². The zero-order valence-corrected chi connectivity index (χ0v) is 15.5. The van der Waals surface area contributed by atoms with Crippen LogP contribution < -0.4 is 5.32 Å². The summed E-state index contributed by atoms with van der Waals surface area (Å²) in [5.41, 5.74) is 0.806. The van der Waals surface area contributed by atoms with Crippen molar-refractivity contribution < 1.29 is 14.2 Å². The first-order chi connectivity index (χ1) is 11.2. The number of nitrogens with zero attached hydrogens (tertiary/aromatic N) is 2. The SMILES string of the molecule is Cl.Cl.N#Cc1ccc(F)c(O)c1[C@@H](C1CCOCC1)N1CCNCC1. The van der Waals surface area contributed by atoms with Crippen LogP contribution >= 0.6 is 24.8 Å². The molecule has 140 valence electrons. The highest BCUT2D eigenvalue weighted by atomic mass is 35.5. The number of nitrogens with one attached hydrogen (secondary N) is 1. The number of phenols is 1. The molecule has 0 bridgehead atoms. The number of nitriles is 1. The van der Waals surface area contributed by atoms with E-state index in [0.29, 0.717) is 24.3 Å². The van der Waals surface area contributed by atoms with Crippen molar-refractivity contribution in [2.45, 2.75) is 18.9 Å².